The van der Waals surface area contributed by atoms with Crippen LogP contribution in [0.1, 0.15) is 89.4 Å². The Hall–Kier alpha value is -3.88. The summed E-state index contributed by atoms with van der Waals surface area (Å²) in [6.07, 6.45) is 2.77. The molecule has 5 rings (SSSR count). The second kappa shape index (κ2) is 11.5. The van der Waals surface area contributed by atoms with Crippen LogP contribution in [0.2, 0.25) is 0 Å². The third kappa shape index (κ3) is 5.42. The number of benzene rings is 2. The minimum absolute atomic E-state index is 0.0572. The molecule has 0 atom stereocenters. The minimum Gasteiger partial charge on any atom is -0.344 e. The fourth-order valence-corrected chi connectivity index (χ4v) is 6.25. The molecule has 0 fully saturated rings. The van der Waals surface area contributed by atoms with Gasteiger partial charge in [-0.15, -0.1) is 0 Å². The summed E-state index contributed by atoms with van der Waals surface area (Å²) in [5.74, 6) is -0.415. The monoisotopic (exact) mass is 565 g/mol. The summed E-state index contributed by atoms with van der Waals surface area (Å²) in [5, 5.41) is 0.614. The van der Waals surface area contributed by atoms with Gasteiger partial charge >= 0.3 is 6.18 Å². The maximum atomic E-state index is 13.9. The van der Waals surface area contributed by atoms with E-state index in [9.17, 15) is 27.6 Å². The van der Waals surface area contributed by atoms with Crippen LogP contribution in [-0.2, 0) is 19.1 Å². The van der Waals surface area contributed by atoms with Crippen molar-refractivity contribution in [3.8, 4) is 0 Å². The second-order valence-electron chi connectivity index (χ2n) is 10.8. The summed E-state index contributed by atoms with van der Waals surface area (Å²) in [4.78, 5) is 40.8. The Balaban J connectivity index is 1.16. The van der Waals surface area contributed by atoms with Crippen molar-refractivity contribution in [2.75, 3.05) is 6.54 Å². The Labute approximate surface area is 236 Å². The summed E-state index contributed by atoms with van der Waals surface area (Å²) in [5.41, 5.74) is 2.11. The molecule has 9 heteroatoms. The molecule has 0 saturated heterocycles. The van der Waals surface area contributed by atoms with Crippen molar-refractivity contribution in [1.82, 2.24) is 14.5 Å². The molecule has 0 bridgehead atoms. The molecule has 41 heavy (non-hydrogen) atoms. The quantitative estimate of drug-likeness (QED) is 0.152. The average molecular weight is 566 g/mol. The lowest BCUT2D eigenvalue weighted by Crippen LogP contribution is -2.30. The molecule has 0 spiro atoms. The number of rotatable bonds is 11. The van der Waals surface area contributed by atoms with Gasteiger partial charge in [0.15, 0.2) is 0 Å². The number of carbonyl (C=O) groups is 2. The largest absolute Gasteiger partial charge is 0.417 e. The van der Waals surface area contributed by atoms with Crippen LogP contribution in [0.5, 0.6) is 0 Å². The Morgan fingerprint density at radius 3 is 1.95 bits per heavy atom. The highest BCUT2D eigenvalue weighted by Gasteiger charge is 2.35. The third-order valence-electron chi connectivity index (χ3n) is 8.19. The number of carbonyl (C=O) groups excluding carboxylic acids is 2. The predicted molar refractivity (Wildman–Crippen MR) is 153 cm³/mol. The van der Waals surface area contributed by atoms with Gasteiger partial charge in [-0.05, 0) is 56.0 Å². The molecule has 216 valence electrons. The number of fused-ring (bicyclic) bond motifs is 4. The highest BCUT2D eigenvalue weighted by molar-refractivity contribution is 6.21. The molecule has 2 amide bonds. The van der Waals surface area contributed by atoms with Crippen molar-refractivity contribution in [2.24, 2.45) is 0 Å². The summed E-state index contributed by atoms with van der Waals surface area (Å²) >= 11 is 0. The van der Waals surface area contributed by atoms with E-state index in [0.29, 0.717) is 42.1 Å². The van der Waals surface area contributed by atoms with E-state index in [1.54, 1.807) is 30.3 Å². The van der Waals surface area contributed by atoms with Gasteiger partial charge in [0.05, 0.1) is 16.7 Å². The molecule has 4 aromatic rings. The van der Waals surface area contributed by atoms with Gasteiger partial charge < -0.3 is 9.55 Å². The number of unbranched alkanes of at least 4 members (excludes halogenated alkanes) is 6. The van der Waals surface area contributed by atoms with Gasteiger partial charge in [0, 0.05) is 46.7 Å². The third-order valence-corrected chi connectivity index (χ3v) is 8.19. The topological polar surface area (TPSA) is 75.2 Å². The Bertz CT molecular complexity index is 1650. The molecule has 1 aliphatic heterocycles. The first-order chi connectivity index (χ1) is 19.6. The van der Waals surface area contributed by atoms with Crippen LogP contribution >= 0.6 is 0 Å². The minimum atomic E-state index is -4.63. The van der Waals surface area contributed by atoms with Gasteiger partial charge in [0.2, 0.25) is 5.56 Å². The molecule has 0 radical (unpaired) electrons. The van der Waals surface area contributed by atoms with Crippen LogP contribution in [0, 0.1) is 6.92 Å². The lowest BCUT2D eigenvalue weighted by molar-refractivity contribution is -0.136. The number of alkyl halides is 3. The molecule has 2 aromatic carbocycles. The fourth-order valence-electron chi connectivity index (χ4n) is 6.25. The van der Waals surface area contributed by atoms with Crippen LogP contribution in [0.15, 0.2) is 47.3 Å². The number of hydrogen-bond donors (Lipinski definition) is 1. The lowest BCUT2D eigenvalue weighted by Gasteiger charge is -2.13. The summed E-state index contributed by atoms with van der Waals surface area (Å²) in [6, 6.07) is 11.0. The molecule has 1 aliphatic rings. The van der Waals surface area contributed by atoms with E-state index in [0.717, 1.165) is 61.7 Å². The van der Waals surface area contributed by atoms with E-state index in [1.165, 1.54) is 4.90 Å². The molecule has 0 unspecified atom stereocenters. The average Bonchev–Trinajstić information content (AvgIpc) is 3.35. The number of nitrogens with zero attached hydrogens (tertiary/aromatic N) is 2. The maximum Gasteiger partial charge on any atom is 0.417 e. The molecule has 2 aromatic heterocycles. The normalized spacial score (nSPS) is 13.6. The number of pyridine rings is 1. The molecule has 3 heterocycles. The van der Waals surface area contributed by atoms with E-state index in [2.05, 4.69) is 9.55 Å². The molecule has 1 N–H and O–H groups in total. The Kier molecular flexibility index (Phi) is 8.07. The van der Waals surface area contributed by atoms with E-state index < -0.39 is 17.3 Å². The number of H-pyrrole nitrogens is 1. The summed E-state index contributed by atoms with van der Waals surface area (Å²) < 4.78 is 43.9. The van der Waals surface area contributed by atoms with E-state index in [1.807, 2.05) is 19.9 Å². The smallest absolute Gasteiger partial charge is 0.344 e. The second-order valence-corrected chi connectivity index (χ2v) is 10.8. The molecule has 0 aliphatic carbocycles. The zero-order chi connectivity index (χ0) is 29.3. The number of aromatic nitrogens is 2. The van der Waals surface area contributed by atoms with Crippen LogP contribution in [0.3, 0.4) is 0 Å². The van der Waals surface area contributed by atoms with E-state index in [4.69, 9.17) is 0 Å². The molecule has 0 saturated carbocycles. The van der Waals surface area contributed by atoms with Gasteiger partial charge in [0.1, 0.15) is 0 Å². The highest BCUT2D eigenvalue weighted by atomic mass is 19.4. The number of halogens is 3. The standard InChI is InChI=1S/C32H34F3N3O3/c1-3-25-20(2)28-26(16-15-24-29(28)23(32(33,34)35)19-27(39)36-24)37(25)17-11-7-5-4-6-8-12-18-38-30(40)21-13-9-10-14-22(21)31(38)41/h9-10,13-16,19H,3-8,11-12,17-18H2,1-2H3,(H,36,39). The van der Waals surface area contributed by atoms with Crippen LogP contribution in [0.4, 0.5) is 13.2 Å². The van der Waals surface area contributed by atoms with Gasteiger partial charge in [-0.3, -0.25) is 19.3 Å². The fraction of sp³-hybridized carbons (Fsp3) is 0.406. The van der Waals surface area contributed by atoms with Crippen molar-refractivity contribution >= 4 is 33.6 Å². The number of hydrogen-bond acceptors (Lipinski definition) is 3. The molecular formula is C32H34F3N3O3. The summed E-state index contributed by atoms with van der Waals surface area (Å²) in [7, 11) is 0. The number of imide groups is 1. The lowest BCUT2D eigenvalue weighted by atomic mass is 10.0. The van der Waals surface area contributed by atoms with Crippen molar-refractivity contribution in [3.05, 3.63) is 80.8 Å². The summed E-state index contributed by atoms with van der Waals surface area (Å²) in [6.45, 7) is 5.02. The van der Waals surface area contributed by atoms with E-state index >= 15 is 0 Å². The zero-order valence-corrected chi connectivity index (χ0v) is 23.4. The van der Waals surface area contributed by atoms with Crippen LogP contribution in [-0.4, -0.2) is 32.8 Å². The SMILES string of the molecule is CCc1c(C)c2c3c(C(F)(F)F)cc(=O)[nH]c3ccc2n1CCCCCCCCCN1C(=O)c2ccccc2C1=O. The van der Waals surface area contributed by atoms with Crippen LogP contribution in [0.25, 0.3) is 21.8 Å². The van der Waals surface area contributed by atoms with E-state index in [-0.39, 0.29) is 22.7 Å². The van der Waals surface area contributed by atoms with Crippen molar-refractivity contribution in [3.63, 3.8) is 0 Å². The van der Waals surface area contributed by atoms with Gasteiger partial charge in [-0.2, -0.15) is 13.2 Å². The predicted octanol–water partition coefficient (Wildman–Crippen LogP) is 7.40. The van der Waals surface area contributed by atoms with Gasteiger partial charge in [-0.1, -0.05) is 51.2 Å². The Morgan fingerprint density at radius 1 is 0.780 bits per heavy atom. The zero-order valence-electron chi connectivity index (χ0n) is 23.4. The number of nitrogens with one attached hydrogen (secondary N) is 1. The van der Waals surface area contributed by atoms with Crippen LogP contribution < -0.4 is 5.56 Å². The number of amides is 2. The first-order valence-corrected chi connectivity index (χ1v) is 14.3. The maximum absolute atomic E-state index is 13.9. The molecule has 6 nitrogen and oxygen atoms in total. The van der Waals surface area contributed by atoms with Gasteiger partial charge in [-0.25, -0.2) is 0 Å². The Morgan fingerprint density at radius 2 is 1.37 bits per heavy atom. The first-order valence-electron chi connectivity index (χ1n) is 14.3. The first kappa shape index (κ1) is 28.6. The van der Waals surface area contributed by atoms with Crippen molar-refractivity contribution < 1.29 is 22.8 Å². The number of aryl methyl sites for hydroxylation is 2. The van der Waals surface area contributed by atoms with Crippen molar-refractivity contribution in [2.45, 2.75) is 77.9 Å². The highest BCUT2D eigenvalue weighted by Crippen LogP contribution is 2.39. The van der Waals surface area contributed by atoms with Gasteiger partial charge in [0.25, 0.3) is 11.8 Å². The number of aromatic amines is 1. The molecular weight excluding hydrogens is 531 g/mol. The van der Waals surface area contributed by atoms with Crippen molar-refractivity contribution in [1.29, 1.82) is 0 Å².